The summed E-state index contributed by atoms with van der Waals surface area (Å²) in [6.45, 7) is 1.20. The van der Waals surface area contributed by atoms with Crippen molar-refractivity contribution in [3.63, 3.8) is 0 Å². The van der Waals surface area contributed by atoms with Gasteiger partial charge in [-0.2, -0.15) is 0 Å². The van der Waals surface area contributed by atoms with Crippen LogP contribution in [0.4, 0.5) is 4.39 Å². The second-order valence-corrected chi connectivity index (χ2v) is 5.33. The molecule has 1 saturated heterocycles. The number of ether oxygens (including phenoxy) is 1. The Hall–Kier alpha value is -0.980. The van der Waals surface area contributed by atoms with Crippen molar-refractivity contribution >= 4 is 21.9 Å². The molecule has 1 aliphatic heterocycles. The Morgan fingerprint density at radius 2 is 2.42 bits per heavy atom. The maximum absolute atomic E-state index is 13.0. The van der Waals surface area contributed by atoms with Crippen molar-refractivity contribution in [2.45, 2.75) is 25.0 Å². The van der Waals surface area contributed by atoms with Gasteiger partial charge < -0.3 is 9.84 Å². The van der Waals surface area contributed by atoms with Gasteiger partial charge in [-0.05, 0) is 30.5 Å². The largest absolute Gasteiger partial charge is 0.480 e. The highest BCUT2D eigenvalue weighted by molar-refractivity contribution is 9.10. The first-order chi connectivity index (χ1) is 9.08. The Kier molecular flexibility index (Phi) is 4.90. The maximum atomic E-state index is 13.0. The summed E-state index contributed by atoms with van der Waals surface area (Å²) in [6.07, 6.45) is 2.00. The first-order valence-electron chi connectivity index (χ1n) is 6.10. The minimum atomic E-state index is -0.995. The number of carbonyl (C=O) groups is 1. The molecule has 2 rings (SSSR count). The molecule has 0 aliphatic carbocycles. The van der Waals surface area contributed by atoms with E-state index in [0.717, 1.165) is 19.4 Å². The van der Waals surface area contributed by atoms with Crippen LogP contribution >= 0.6 is 15.9 Å². The van der Waals surface area contributed by atoms with Crippen molar-refractivity contribution in [3.8, 4) is 0 Å². The van der Waals surface area contributed by atoms with E-state index in [9.17, 15) is 14.3 Å². The third kappa shape index (κ3) is 3.75. The van der Waals surface area contributed by atoms with E-state index in [1.54, 1.807) is 0 Å². The van der Waals surface area contributed by atoms with Gasteiger partial charge in [-0.1, -0.05) is 22.0 Å². The highest BCUT2D eigenvalue weighted by Crippen LogP contribution is 2.25. The van der Waals surface area contributed by atoms with Crippen molar-refractivity contribution in [1.82, 2.24) is 5.32 Å². The number of carboxylic acid groups (broad SMARTS) is 1. The fourth-order valence-electron chi connectivity index (χ4n) is 2.12. The van der Waals surface area contributed by atoms with Gasteiger partial charge in [0.2, 0.25) is 0 Å². The highest BCUT2D eigenvalue weighted by atomic mass is 79.9. The summed E-state index contributed by atoms with van der Waals surface area (Å²) in [7, 11) is 0. The Bertz CT molecular complexity index is 463. The molecule has 2 atom stereocenters. The Morgan fingerprint density at radius 3 is 3.00 bits per heavy atom. The van der Waals surface area contributed by atoms with Gasteiger partial charge in [-0.25, -0.2) is 4.39 Å². The quantitative estimate of drug-likeness (QED) is 0.870. The average molecular weight is 332 g/mol. The molecule has 1 aromatic rings. The van der Waals surface area contributed by atoms with Gasteiger partial charge in [-0.15, -0.1) is 0 Å². The monoisotopic (exact) mass is 331 g/mol. The molecule has 6 heteroatoms. The van der Waals surface area contributed by atoms with Crippen LogP contribution in [0.2, 0.25) is 0 Å². The number of hydrogen-bond acceptors (Lipinski definition) is 3. The molecule has 1 aliphatic rings. The van der Waals surface area contributed by atoms with E-state index in [0.29, 0.717) is 16.6 Å². The summed E-state index contributed by atoms with van der Waals surface area (Å²) in [5, 5.41) is 12.2. The first kappa shape index (κ1) is 14.4. The molecule has 104 valence electrons. The van der Waals surface area contributed by atoms with Crippen molar-refractivity contribution in [2.75, 3.05) is 13.2 Å². The van der Waals surface area contributed by atoms with Crippen molar-refractivity contribution < 1.29 is 19.0 Å². The smallest absolute Gasteiger partial charge is 0.325 e. The third-order valence-corrected chi connectivity index (χ3v) is 3.78. The number of nitrogens with one attached hydrogen (secondary N) is 1. The lowest BCUT2D eigenvalue weighted by Gasteiger charge is -2.18. The van der Waals surface area contributed by atoms with Crippen LogP contribution in [0.5, 0.6) is 0 Å². The number of carboxylic acids is 1. The highest BCUT2D eigenvalue weighted by Gasteiger charge is 2.24. The van der Waals surface area contributed by atoms with E-state index >= 15 is 0 Å². The summed E-state index contributed by atoms with van der Waals surface area (Å²) in [4.78, 5) is 11.3. The molecular weight excluding hydrogens is 317 g/mol. The van der Waals surface area contributed by atoms with Gasteiger partial charge >= 0.3 is 5.97 Å². The molecule has 1 fully saturated rings. The molecule has 0 aromatic heterocycles. The van der Waals surface area contributed by atoms with E-state index < -0.39 is 17.8 Å². The lowest BCUT2D eigenvalue weighted by molar-refractivity contribution is -0.139. The minimum absolute atomic E-state index is 0.0565. The molecule has 1 aromatic carbocycles. The van der Waals surface area contributed by atoms with Gasteiger partial charge in [0.25, 0.3) is 0 Å². The average Bonchev–Trinajstić information content (AvgIpc) is 2.84. The van der Waals surface area contributed by atoms with Gasteiger partial charge in [0.05, 0.1) is 6.10 Å². The zero-order valence-corrected chi connectivity index (χ0v) is 11.8. The van der Waals surface area contributed by atoms with E-state index in [4.69, 9.17) is 4.74 Å². The predicted octanol–water partition coefficient (Wildman–Crippen LogP) is 2.48. The summed E-state index contributed by atoms with van der Waals surface area (Å²) in [5.41, 5.74) is 0.506. The molecule has 0 saturated carbocycles. The molecule has 2 N–H and O–H groups in total. The zero-order chi connectivity index (χ0) is 13.8. The number of aliphatic carboxylic acids is 1. The molecule has 19 heavy (non-hydrogen) atoms. The first-order valence-corrected chi connectivity index (χ1v) is 6.90. The summed E-state index contributed by atoms with van der Waals surface area (Å²) < 4.78 is 18.9. The predicted molar refractivity (Wildman–Crippen MR) is 71.5 cm³/mol. The number of halogens is 2. The van der Waals surface area contributed by atoms with Crippen LogP contribution in [0.3, 0.4) is 0 Å². The van der Waals surface area contributed by atoms with Crippen molar-refractivity contribution in [3.05, 3.63) is 34.1 Å². The van der Waals surface area contributed by atoms with E-state index in [2.05, 4.69) is 21.2 Å². The fraction of sp³-hybridized carbons (Fsp3) is 0.462. The molecule has 0 amide bonds. The molecule has 4 nitrogen and oxygen atoms in total. The Morgan fingerprint density at radius 1 is 1.63 bits per heavy atom. The van der Waals surface area contributed by atoms with Crippen molar-refractivity contribution in [1.29, 1.82) is 0 Å². The van der Waals surface area contributed by atoms with Crippen LogP contribution in [-0.2, 0) is 9.53 Å². The van der Waals surface area contributed by atoms with E-state index in [1.165, 1.54) is 18.2 Å². The topological polar surface area (TPSA) is 58.6 Å². The summed E-state index contributed by atoms with van der Waals surface area (Å²) in [6, 6.07) is 3.11. The standard InChI is InChI=1S/C13H15BrFNO3/c14-11-6-8(15)3-4-10(11)12(13(17)18)16-7-9-2-1-5-19-9/h3-4,6,9,12,16H,1-2,5,7H2,(H,17,18). The molecule has 0 bridgehead atoms. The minimum Gasteiger partial charge on any atom is -0.480 e. The summed E-state index contributed by atoms with van der Waals surface area (Å²) in [5.74, 6) is -1.40. The van der Waals surface area contributed by atoms with Gasteiger partial charge in [0, 0.05) is 17.6 Å². The molecule has 1 heterocycles. The molecule has 2 unspecified atom stereocenters. The fourth-order valence-corrected chi connectivity index (χ4v) is 2.70. The maximum Gasteiger partial charge on any atom is 0.325 e. The van der Waals surface area contributed by atoms with Crippen LogP contribution in [-0.4, -0.2) is 30.3 Å². The second kappa shape index (κ2) is 6.45. The normalized spacial score (nSPS) is 20.4. The third-order valence-electron chi connectivity index (χ3n) is 3.09. The van der Waals surface area contributed by atoms with Crippen LogP contribution in [0, 0.1) is 5.82 Å². The Labute approximate surface area is 119 Å². The zero-order valence-electron chi connectivity index (χ0n) is 10.2. The van der Waals surface area contributed by atoms with E-state index in [1.807, 2.05) is 0 Å². The molecule has 0 spiro atoms. The van der Waals surface area contributed by atoms with Gasteiger partial charge in [0.15, 0.2) is 0 Å². The summed E-state index contributed by atoms with van der Waals surface area (Å²) >= 11 is 3.19. The Balaban J connectivity index is 2.08. The number of rotatable bonds is 5. The van der Waals surface area contributed by atoms with Crippen LogP contribution in [0.25, 0.3) is 0 Å². The number of hydrogen-bond donors (Lipinski definition) is 2. The molecular formula is C13H15BrFNO3. The van der Waals surface area contributed by atoms with Crippen LogP contribution in [0.1, 0.15) is 24.4 Å². The van der Waals surface area contributed by atoms with Crippen LogP contribution in [0.15, 0.2) is 22.7 Å². The van der Waals surface area contributed by atoms with Crippen LogP contribution < -0.4 is 5.32 Å². The van der Waals surface area contributed by atoms with Gasteiger partial charge in [-0.3, -0.25) is 10.1 Å². The second-order valence-electron chi connectivity index (χ2n) is 4.48. The van der Waals surface area contributed by atoms with E-state index in [-0.39, 0.29) is 6.10 Å². The number of benzene rings is 1. The van der Waals surface area contributed by atoms with Gasteiger partial charge in [0.1, 0.15) is 11.9 Å². The lowest BCUT2D eigenvalue weighted by Crippen LogP contribution is -2.34. The SMILES string of the molecule is O=C(O)C(NCC1CCCO1)c1ccc(F)cc1Br. The lowest BCUT2D eigenvalue weighted by atomic mass is 10.1. The molecule has 0 radical (unpaired) electrons. The van der Waals surface area contributed by atoms with Crippen molar-refractivity contribution in [2.24, 2.45) is 0 Å².